The van der Waals surface area contributed by atoms with E-state index in [1.165, 1.54) is 16.7 Å². The maximum atomic E-state index is 11.0. The summed E-state index contributed by atoms with van der Waals surface area (Å²) in [6, 6.07) is 7.31. The molecule has 1 aromatic rings. The number of likely N-dealkylation sites (N-methyl/N-ethyl adjacent to an activating group) is 1. The highest BCUT2D eigenvalue weighted by Gasteiger charge is 2.44. The normalized spacial score (nSPS) is 34.2. The fraction of sp³-hybridized carbons (Fsp3) is 0.647. The fourth-order valence-corrected chi connectivity index (χ4v) is 3.94. The van der Waals surface area contributed by atoms with Gasteiger partial charge >= 0.3 is 0 Å². The van der Waals surface area contributed by atoms with Gasteiger partial charge in [-0.25, -0.2) is 0 Å². The van der Waals surface area contributed by atoms with Gasteiger partial charge in [-0.05, 0) is 39.3 Å². The van der Waals surface area contributed by atoms with Crippen LogP contribution in [0.4, 0.5) is 0 Å². The Morgan fingerprint density at radius 2 is 1.70 bits per heavy atom. The second-order valence-corrected chi connectivity index (χ2v) is 6.82. The smallest absolute Gasteiger partial charge is 0.0719 e. The van der Waals surface area contributed by atoms with Crippen molar-refractivity contribution in [3.05, 3.63) is 34.9 Å². The molecule has 0 aromatic heterocycles. The summed E-state index contributed by atoms with van der Waals surface area (Å²) in [7, 11) is 2.16. The Balaban J connectivity index is 1.79. The van der Waals surface area contributed by atoms with E-state index in [-0.39, 0.29) is 0 Å². The number of fused-ring (bicyclic) bond motifs is 2. The summed E-state index contributed by atoms with van der Waals surface area (Å²) in [6.07, 6.45) is 2.39. The van der Waals surface area contributed by atoms with E-state index >= 15 is 0 Å². The first-order valence-electron chi connectivity index (χ1n) is 7.54. The Morgan fingerprint density at radius 3 is 2.25 bits per heavy atom. The number of benzene rings is 1. The first kappa shape index (κ1) is 14.1. The molecule has 2 aliphatic rings. The van der Waals surface area contributed by atoms with Gasteiger partial charge in [-0.1, -0.05) is 29.3 Å². The number of nitrogens with zero attached hydrogens (tertiary/aromatic N) is 1. The molecule has 0 saturated carbocycles. The summed E-state index contributed by atoms with van der Waals surface area (Å²) in [6.45, 7) is 5.75. The van der Waals surface area contributed by atoms with Crippen LogP contribution in [-0.2, 0) is 11.2 Å². The van der Waals surface area contributed by atoms with E-state index in [1.807, 2.05) is 0 Å². The quantitative estimate of drug-likeness (QED) is 0.897. The maximum absolute atomic E-state index is 11.0. The summed E-state index contributed by atoms with van der Waals surface area (Å²) in [4.78, 5) is 2.39. The molecule has 2 saturated heterocycles. The zero-order valence-corrected chi connectivity index (χ0v) is 12.7. The van der Waals surface area contributed by atoms with Crippen molar-refractivity contribution in [1.29, 1.82) is 0 Å². The number of ether oxygens (including phenoxy) is 1. The Labute approximate surface area is 121 Å². The minimum Gasteiger partial charge on any atom is -0.389 e. The lowest BCUT2D eigenvalue weighted by molar-refractivity contribution is -0.133. The van der Waals surface area contributed by atoms with Crippen LogP contribution in [0, 0.1) is 13.8 Å². The van der Waals surface area contributed by atoms with Crippen molar-refractivity contribution in [3.8, 4) is 0 Å². The lowest BCUT2D eigenvalue weighted by Crippen LogP contribution is -2.60. The van der Waals surface area contributed by atoms with E-state index in [2.05, 4.69) is 44.0 Å². The van der Waals surface area contributed by atoms with Gasteiger partial charge in [0.15, 0.2) is 0 Å². The maximum Gasteiger partial charge on any atom is 0.0719 e. The summed E-state index contributed by atoms with van der Waals surface area (Å²) >= 11 is 0. The van der Waals surface area contributed by atoms with Crippen LogP contribution in [0.5, 0.6) is 0 Å². The second-order valence-electron chi connectivity index (χ2n) is 6.82. The number of piperidine rings is 1. The van der Waals surface area contributed by atoms with Gasteiger partial charge in [0.1, 0.15) is 0 Å². The van der Waals surface area contributed by atoms with Crippen molar-refractivity contribution in [2.45, 2.75) is 50.8 Å². The number of aliphatic hydroxyl groups is 1. The highest BCUT2D eigenvalue weighted by Crippen LogP contribution is 2.35. The molecule has 1 aromatic carbocycles. The summed E-state index contributed by atoms with van der Waals surface area (Å²) < 4.78 is 5.64. The first-order valence-corrected chi connectivity index (χ1v) is 7.54. The van der Waals surface area contributed by atoms with Gasteiger partial charge in [0, 0.05) is 18.5 Å². The summed E-state index contributed by atoms with van der Waals surface area (Å²) in [5, 5.41) is 11.0. The third-order valence-corrected chi connectivity index (χ3v) is 4.82. The number of morpholine rings is 1. The molecule has 3 heteroatoms. The third-order valence-electron chi connectivity index (χ3n) is 4.82. The molecule has 0 spiro atoms. The van der Waals surface area contributed by atoms with Crippen LogP contribution in [0.1, 0.15) is 29.5 Å². The summed E-state index contributed by atoms with van der Waals surface area (Å²) in [5.74, 6) is 0. The van der Waals surface area contributed by atoms with E-state index < -0.39 is 5.60 Å². The zero-order chi connectivity index (χ0) is 14.3. The van der Waals surface area contributed by atoms with E-state index in [0.29, 0.717) is 12.1 Å². The molecule has 1 N–H and O–H groups in total. The van der Waals surface area contributed by atoms with Crippen LogP contribution in [0.3, 0.4) is 0 Å². The predicted octanol–water partition coefficient (Wildman–Crippen LogP) is 2.07. The van der Waals surface area contributed by atoms with Gasteiger partial charge in [0.2, 0.25) is 0 Å². The molecule has 2 bridgehead atoms. The van der Waals surface area contributed by atoms with E-state index in [0.717, 1.165) is 32.5 Å². The van der Waals surface area contributed by atoms with Gasteiger partial charge in [0.25, 0.3) is 0 Å². The van der Waals surface area contributed by atoms with Gasteiger partial charge in [-0.2, -0.15) is 0 Å². The van der Waals surface area contributed by atoms with Gasteiger partial charge in [0.05, 0.1) is 18.8 Å². The van der Waals surface area contributed by atoms with Crippen LogP contribution in [0.2, 0.25) is 0 Å². The standard InChI is InChI=1S/C17H25NO2/c1-12-4-13(2)6-14(5-12)7-17(19)8-15-10-20-11-16(9-17)18(15)3/h4-6,15-16,19H,7-11H2,1-3H3. The van der Waals surface area contributed by atoms with Gasteiger partial charge in [-0.15, -0.1) is 0 Å². The number of hydrogen-bond donors (Lipinski definition) is 1. The molecule has 3 rings (SSSR count). The highest BCUT2D eigenvalue weighted by molar-refractivity contribution is 5.29. The van der Waals surface area contributed by atoms with Crippen molar-refractivity contribution in [1.82, 2.24) is 4.90 Å². The summed E-state index contributed by atoms with van der Waals surface area (Å²) in [5.41, 5.74) is 3.24. The number of hydrogen-bond acceptors (Lipinski definition) is 3. The van der Waals surface area contributed by atoms with Crippen molar-refractivity contribution in [2.75, 3.05) is 20.3 Å². The van der Waals surface area contributed by atoms with Gasteiger partial charge < -0.3 is 9.84 Å². The van der Waals surface area contributed by atoms with Crippen molar-refractivity contribution < 1.29 is 9.84 Å². The Bertz CT molecular complexity index is 466. The first-order chi connectivity index (χ1) is 9.45. The zero-order valence-electron chi connectivity index (χ0n) is 12.7. The van der Waals surface area contributed by atoms with Gasteiger partial charge in [-0.3, -0.25) is 4.90 Å². The van der Waals surface area contributed by atoms with Crippen molar-refractivity contribution >= 4 is 0 Å². The third kappa shape index (κ3) is 2.76. The molecule has 0 radical (unpaired) electrons. The molecular weight excluding hydrogens is 250 g/mol. The van der Waals surface area contributed by atoms with Crippen LogP contribution >= 0.6 is 0 Å². The van der Waals surface area contributed by atoms with Crippen LogP contribution in [-0.4, -0.2) is 48.0 Å². The SMILES string of the molecule is Cc1cc(C)cc(CC2(O)CC3COCC(C2)N3C)c1. The van der Waals surface area contributed by atoms with E-state index in [1.54, 1.807) is 0 Å². The monoisotopic (exact) mass is 275 g/mol. The lowest BCUT2D eigenvalue weighted by Gasteiger charge is -2.50. The van der Waals surface area contributed by atoms with Crippen molar-refractivity contribution in [3.63, 3.8) is 0 Å². The molecule has 2 heterocycles. The number of aryl methyl sites for hydroxylation is 2. The largest absolute Gasteiger partial charge is 0.389 e. The molecule has 3 nitrogen and oxygen atoms in total. The molecule has 0 aliphatic carbocycles. The van der Waals surface area contributed by atoms with Crippen LogP contribution in [0.25, 0.3) is 0 Å². The molecule has 2 aliphatic heterocycles. The lowest BCUT2D eigenvalue weighted by atomic mass is 9.77. The second kappa shape index (κ2) is 5.14. The molecule has 0 amide bonds. The Kier molecular flexibility index (Phi) is 3.61. The average Bonchev–Trinajstić information content (AvgIpc) is 2.30. The molecule has 20 heavy (non-hydrogen) atoms. The minimum absolute atomic E-state index is 0.360. The van der Waals surface area contributed by atoms with Crippen molar-refractivity contribution in [2.24, 2.45) is 0 Å². The Morgan fingerprint density at radius 1 is 1.15 bits per heavy atom. The van der Waals surface area contributed by atoms with Crippen LogP contribution in [0.15, 0.2) is 18.2 Å². The average molecular weight is 275 g/mol. The highest BCUT2D eigenvalue weighted by atomic mass is 16.5. The van der Waals surface area contributed by atoms with E-state index in [9.17, 15) is 5.11 Å². The number of rotatable bonds is 2. The molecule has 2 fully saturated rings. The van der Waals surface area contributed by atoms with Crippen LogP contribution < -0.4 is 0 Å². The van der Waals surface area contributed by atoms with E-state index in [4.69, 9.17) is 4.74 Å². The predicted molar refractivity (Wildman–Crippen MR) is 80.0 cm³/mol. The molecule has 2 atom stereocenters. The fourth-order valence-electron chi connectivity index (χ4n) is 3.94. The minimum atomic E-state index is -0.578. The molecular formula is C17H25NO2. The Hall–Kier alpha value is -0.900. The topological polar surface area (TPSA) is 32.7 Å². The molecule has 2 unspecified atom stereocenters. The molecule has 110 valence electrons.